The molecule has 25 heavy (non-hydrogen) atoms. The lowest BCUT2D eigenvalue weighted by Crippen LogP contribution is -2.21. The predicted molar refractivity (Wildman–Crippen MR) is 92.1 cm³/mol. The van der Waals surface area contributed by atoms with Gasteiger partial charge >= 0.3 is 0 Å². The first-order valence-corrected chi connectivity index (χ1v) is 8.67. The van der Waals surface area contributed by atoms with E-state index in [0.717, 1.165) is 34.1 Å². The van der Waals surface area contributed by atoms with Gasteiger partial charge in [0.05, 0.1) is 5.92 Å². The number of aromatic amines is 1. The average Bonchev–Trinajstić information content (AvgIpc) is 3.20. The van der Waals surface area contributed by atoms with Gasteiger partial charge in [-0.05, 0) is 24.1 Å². The zero-order valence-corrected chi connectivity index (χ0v) is 15.0. The minimum atomic E-state index is -0.391. The summed E-state index contributed by atoms with van der Waals surface area (Å²) in [5, 5.41) is 16.9. The Kier molecular flexibility index (Phi) is 3.81. The van der Waals surface area contributed by atoms with Gasteiger partial charge in [-0.15, -0.1) is 5.10 Å². The molecule has 0 amide bonds. The molecule has 0 spiro atoms. The molecular formula is C17H15BrN4O3. The minimum absolute atomic E-state index is 0.0686. The molecule has 2 aromatic rings. The number of fused-ring (bicyclic) bond motifs is 2. The number of nitriles is 1. The van der Waals surface area contributed by atoms with Crippen molar-refractivity contribution in [3.05, 3.63) is 44.9 Å². The Bertz CT molecular complexity index is 929. The van der Waals surface area contributed by atoms with E-state index in [4.69, 9.17) is 19.9 Å². The molecule has 1 unspecified atom stereocenters. The van der Waals surface area contributed by atoms with Crippen LogP contribution in [0.15, 0.2) is 28.1 Å². The molecule has 7 nitrogen and oxygen atoms in total. The Morgan fingerprint density at radius 3 is 2.88 bits per heavy atom. The highest BCUT2D eigenvalue weighted by atomic mass is 79.9. The third-order valence-corrected chi connectivity index (χ3v) is 5.01. The summed E-state index contributed by atoms with van der Waals surface area (Å²) in [6, 6.07) is 5.91. The third-order valence-electron chi connectivity index (χ3n) is 4.32. The molecule has 2 aliphatic rings. The first-order chi connectivity index (χ1) is 12.1. The SMILES string of the molecule is CCCc1[nH]nc2c1C(c1cc3c(cc1Br)OCO3)C(C#N)=C(N)O2. The quantitative estimate of drug-likeness (QED) is 0.816. The van der Waals surface area contributed by atoms with E-state index in [9.17, 15) is 5.26 Å². The van der Waals surface area contributed by atoms with Gasteiger partial charge in [0.15, 0.2) is 11.5 Å². The average molecular weight is 403 g/mol. The molecule has 3 heterocycles. The summed E-state index contributed by atoms with van der Waals surface area (Å²) in [5.74, 6) is 1.40. The summed E-state index contributed by atoms with van der Waals surface area (Å²) >= 11 is 3.59. The van der Waals surface area contributed by atoms with Crippen LogP contribution in [-0.4, -0.2) is 17.0 Å². The van der Waals surface area contributed by atoms with Crippen molar-refractivity contribution in [2.75, 3.05) is 6.79 Å². The minimum Gasteiger partial charge on any atom is -0.454 e. The summed E-state index contributed by atoms with van der Waals surface area (Å²) in [6.45, 7) is 2.26. The number of nitrogens with two attached hydrogens (primary N) is 1. The number of ether oxygens (including phenoxy) is 3. The molecule has 3 N–H and O–H groups in total. The largest absolute Gasteiger partial charge is 0.454 e. The second-order valence-corrected chi connectivity index (χ2v) is 6.68. The summed E-state index contributed by atoms with van der Waals surface area (Å²) < 4.78 is 17.3. The molecule has 128 valence electrons. The van der Waals surface area contributed by atoms with E-state index in [1.807, 2.05) is 12.1 Å². The van der Waals surface area contributed by atoms with E-state index in [-0.39, 0.29) is 12.7 Å². The number of hydrogen-bond acceptors (Lipinski definition) is 6. The van der Waals surface area contributed by atoms with E-state index < -0.39 is 5.92 Å². The first kappa shape index (κ1) is 15.8. The Balaban J connectivity index is 1.94. The first-order valence-electron chi connectivity index (χ1n) is 7.87. The van der Waals surface area contributed by atoms with Crippen LogP contribution in [0.25, 0.3) is 0 Å². The maximum absolute atomic E-state index is 9.69. The molecule has 2 aliphatic heterocycles. The molecule has 4 rings (SSSR count). The Hall–Kier alpha value is -2.66. The molecule has 0 bridgehead atoms. The number of allylic oxidation sites excluding steroid dienone is 1. The molecule has 0 radical (unpaired) electrons. The van der Waals surface area contributed by atoms with Crippen LogP contribution >= 0.6 is 15.9 Å². The van der Waals surface area contributed by atoms with E-state index in [0.29, 0.717) is 23.0 Å². The number of nitrogens with zero attached hydrogens (tertiary/aromatic N) is 2. The zero-order chi connectivity index (χ0) is 17.6. The van der Waals surface area contributed by atoms with Crippen molar-refractivity contribution in [1.82, 2.24) is 10.2 Å². The number of nitrogens with one attached hydrogen (secondary N) is 1. The highest BCUT2D eigenvalue weighted by molar-refractivity contribution is 9.10. The predicted octanol–water partition coefficient (Wildman–Crippen LogP) is 3.07. The number of aryl methyl sites for hydroxylation is 1. The Labute approximate surface area is 152 Å². The van der Waals surface area contributed by atoms with E-state index in [2.05, 4.69) is 39.1 Å². The molecule has 0 fully saturated rings. The van der Waals surface area contributed by atoms with Crippen LogP contribution in [0.2, 0.25) is 0 Å². The molecule has 0 saturated carbocycles. The van der Waals surface area contributed by atoms with Gasteiger partial charge in [-0.3, -0.25) is 5.10 Å². The summed E-state index contributed by atoms with van der Waals surface area (Å²) in [5.41, 5.74) is 8.97. The van der Waals surface area contributed by atoms with E-state index in [1.165, 1.54) is 0 Å². The fourth-order valence-corrected chi connectivity index (χ4v) is 3.77. The van der Waals surface area contributed by atoms with Crippen molar-refractivity contribution in [3.63, 3.8) is 0 Å². The Morgan fingerprint density at radius 1 is 1.40 bits per heavy atom. The van der Waals surface area contributed by atoms with Gasteiger partial charge in [-0.1, -0.05) is 29.3 Å². The molecule has 1 atom stereocenters. The topological polar surface area (TPSA) is 106 Å². The fourth-order valence-electron chi connectivity index (χ4n) is 3.21. The number of halogens is 1. The van der Waals surface area contributed by atoms with Gasteiger partial charge in [0, 0.05) is 15.7 Å². The monoisotopic (exact) mass is 402 g/mol. The second kappa shape index (κ2) is 6.01. The fraction of sp³-hybridized carbons (Fsp3) is 0.294. The number of benzene rings is 1. The maximum atomic E-state index is 9.69. The van der Waals surface area contributed by atoms with Gasteiger partial charge in [-0.25, -0.2) is 0 Å². The molecule has 1 aromatic heterocycles. The van der Waals surface area contributed by atoms with Crippen LogP contribution in [0.3, 0.4) is 0 Å². The number of aromatic nitrogens is 2. The van der Waals surface area contributed by atoms with Crippen molar-refractivity contribution in [3.8, 4) is 23.4 Å². The molecular weight excluding hydrogens is 388 g/mol. The lowest BCUT2D eigenvalue weighted by molar-refractivity contribution is 0.174. The van der Waals surface area contributed by atoms with Crippen LogP contribution in [0.1, 0.15) is 36.1 Å². The van der Waals surface area contributed by atoms with Gasteiger partial charge in [0.25, 0.3) is 0 Å². The van der Waals surface area contributed by atoms with Gasteiger partial charge in [0.2, 0.25) is 18.6 Å². The third kappa shape index (κ3) is 2.43. The van der Waals surface area contributed by atoms with Crippen LogP contribution in [-0.2, 0) is 6.42 Å². The lowest BCUT2D eigenvalue weighted by atomic mass is 9.83. The Morgan fingerprint density at radius 2 is 2.16 bits per heavy atom. The summed E-state index contributed by atoms with van der Waals surface area (Å²) in [6.07, 6.45) is 1.73. The second-order valence-electron chi connectivity index (χ2n) is 5.82. The zero-order valence-electron chi connectivity index (χ0n) is 13.4. The molecule has 1 aromatic carbocycles. The van der Waals surface area contributed by atoms with Crippen LogP contribution in [0.4, 0.5) is 0 Å². The molecule has 0 saturated heterocycles. The molecule has 8 heteroatoms. The number of rotatable bonds is 3. The maximum Gasteiger partial charge on any atom is 0.244 e. The smallest absolute Gasteiger partial charge is 0.244 e. The summed E-state index contributed by atoms with van der Waals surface area (Å²) in [4.78, 5) is 0. The van der Waals surface area contributed by atoms with Gasteiger partial charge < -0.3 is 19.9 Å². The summed E-state index contributed by atoms with van der Waals surface area (Å²) in [7, 11) is 0. The van der Waals surface area contributed by atoms with Crippen LogP contribution in [0.5, 0.6) is 17.4 Å². The van der Waals surface area contributed by atoms with Crippen molar-refractivity contribution in [1.29, 1.82) is 5.26 Å². The van der Waals surface area contributed by atoms with Crippen molar-refractivity contribution >= 4 is 15.9 Å². The van der Waals surface area contributed by atoms with Crippen molar-refractivity contribution in [2.24, 2.45) is 5.73 Å². The molecule has 0 aliphatic carbocycles. The van der Waals surface area contributed by atoms with E-state index >= 15 is 0 Å². The number of hydrogen-bond donors (Lipinski definition) is 2. The van der Waals surface area contributed by atoms with Crippen molar-refractivity contribution < 1.29 is 14.2 Å². The number of H-pyrrole nitrogens is 1. The van der Waals surface area contributed by atoms with E-state index in [1.54, 1.807) is 0 Å². The van der Waals surface area contributed by atoms with Crippen LogP contribution in [0, 0.1) is 11.3 Å². The highest BCUT2D eigenvalue weighted by Crippen LogP contribution is 2.48. The highest BCUT2D eigenvalue weighted by Gasteiger charge is 2.36. The normalized spacial score (nSPS) is 17.9. The van der Waals surface area contributed by atoms with Crippen molar-refractivity contribution in [2.45, 2.75) is 25.7 Å². The van der Waals surface area contributed by atoms with Crippen LogP contribution < -0.4 is 19.9 Å². The van der Waals surface area contributed by atoms with Gasteiger partial charge in [-0.2, -0.15) is 5.26 Å². The standard InChI is InChI=1S/C17H15BrN4O3/c1-2-3-11-15-14(9(6-19)16(20)25-17(15)22-21-11)8-4-12-13(5-10(8)18)24-7-23-12/h4-5,14H,2-3,7,20H2,1H3,(H,21,22). The lowest BCUT2D eigenvalue weighted by Gasteiger charge is -2.25. The van der Waals surface area contributed by atoms with Gasteiger partial charge in [0.1, 0.15) is 11.6 Å².